The fourth-order valence-electron chi connectivity index (χ4n) is 1.13. The third kappa shape index (κ3) is 2.41. The van der Waals surface area contributed by atoms with Gasteiger partial charge in [-0.15, -0.1) is 12.3 Å². The van der Waals surface area contributed by atoms with Gasteiger partial charge in [0.15, 0.2) is 5.41 Å². The van der Waals surface area contributed by atoms with E-state index in [4.69, 9.17) is 14.2 Å². The van der Waals surface area contributed by atoms with Crippen LogP contribution in [0.2, 0.25) is 0 Å². The van der Waals surface area contributed by atoms with Gasteiger partial charge in [-0.1, -0.05) is 0 Å². The van der Waals surface area contributed by atoms with Crippen molar-refractivity contribution in [2.45, 2.75) is 18.4 Å². The predicted octanol–water partition coefficient (Wildman–Crippen LogP) is 0.280. The van der Waals surface area contributed by atoms with E-state index in [2.05, 4.69) is 6.58 Å². The first-order chi connectivity index (χ1) is 5.66. The van der Waals surface area contributed by atoms with Gasteiger partial charge < -0.3 is 14.2 Å². The number of ether oxygens (including phenoxy) is 3. The smallest absolute Gasteiger partial charge is 0.173 e. The van der Waals surface area contributed by atoms with E-state index in [-0.39, 0.29) is 6.10 Å². The maximum atomic E-state index is 5.32. The zero-order valence-corrected chi connectivity index (χ0v) is 9.71. The summed E-state index contributed by atoms with van der Waals surface area (Å²) in [6.45, 7) is 5.64. The fraction of sp³-hybridized carbons (Fsp3) is 0.750. The van der Waals surface area contributed by atoms with Crippen molar-refractivity contribution in [3.63, 3.8) is 0 Å². The molecule has 1 unspecified atom stereocenters. The Kier molecular flexibility index (Phi) is 5.40. The molecule has 72 valence electrons. The molecule has 0 aromatic heterocycles. The number of hydrogen-bond donors (Lipinski definition) is 0. The molecule has 0 fully saturated rings. The minimum atomic E-state index is -0.635. The largest absolute Gasteiger partial charge is 0.377 e. The highest BCUT2D eigenvalue weighted by molar-refractivity contribution is 6.45. The van der Waals surface area contributed by atoms with Crippen LogP contribution in [0.1, 0.15) is 6.92 Å². The fourth-order valence-corrected chi connectivity index (χ4v) is 2.36. The molecule has 0 bridgehead atoms. The lowest BCUT2D eigenvalue weighted by molar-refractivity contribution is -0.204. The Morgan fingerprint density at radius 3 is 2.08 bits per heavy atom. The summed E-state index contributed by atoms with van der Waals surface area (Å²) in [6.07, 6.45) is -0.0582. The van der Waals surface area contributed by atoms with Crippen LogP contribution in [0.25, 0.3) is 0 Å². The third-order valence-corrected chi connectivity index (χ3v) is 4.10. The van der Waals surface area contributed by atoms with Crippen LogP contribution < -0.4 is 0 Å². The zero-order chi connectivity index (χ0) is 9.61. The van der Waals surface area contributed by atoms with E-state index < -0.39 is 14.9 Å². The maximum absolute atomic E-state index is 5.32. The first kappa shape index (κ1) is 11.8. The molecule has 0 heterocycles. The topological polar surface area (TPSA) is 27.7 Å². The zero-order valence-electron chi connectivity index (χ0n) is 8.29. The van der Waals surface area contributed by atoms with Gasteiger partial charge in [-0.25, -0.2) is 0 Å². The number of methoxy groups -OCH3 is 3. The summed E-state index contributed by atoms with van der Waals surface area (Å²) in [6, 6.07) is 0. The van der Waals surface area contributed by atoms with Crippen LogP contribution in [0.5, 0.6) is 0 Å². The molecule has 0 radical (unpaired) electrons. The van der Waals surface area contributed by atoms with E-state index in [1.54, 1.807) is 21.3 Å². The van der Waals surface area contributed by atoms with Crippen molar-refractivity contribution in [3.05, 3.63) is 12.3 Å². The van der Waals surface area contributed by atoms with E-state index in [0.717, 1.165) is 0 Å². The van der Waals surface area contributed by atoms with Crippen molar-refractivity contribution in [2.75, 3.05) is 21.3 Å². The molecule has 0 aliphatic carbocycles. The quantitative estimate of drug-likeness (QED) is 0.445. The third-order valence-electron chi connectivity index (χ3n) is 2.09. The Hall–Kier alpha value is -0.163. The monoisotopic (exact) mass is 190 g/mol. The first-order valence-electron chi connectivity index (χ1n) is 3.90. The predicted molar refractivity (Wildman–Crippen MR) is 52.0 cm³/mol. The SMILES string of the molecule is C=C[SiH2]C(OC)(OC)C(C)OC. The Morgan fingerprint density at radius 1 is 1.33 bits per heavy atom. The Bertz CT molecular complexity index is 134. The minimum absolute atomic E-state index is 0.0582. The molecular weight excluding hydrogens is 172 g/mol. The molecule has 0 saturated heterocycles. The lowest BCUT2D eigenvalue weighted by Crippen LogP contribution is -2.50. The normalized spacial score (nSPS) is 15.3. The molecule has 0 aromatic carbocycles. The van der Waals surface area contributed by atoms with Crippen molar-refractivity contribution in [1.29, 1.82) is 0 Å². The van der Waals surface area contributed by atoms with Crippen LogP contribution in [0, 0.1) is 0 Å². The molecule has 0 saturated carbocycles. The van der Waals surface area contributed by atoms with Crippen molar-refractivity contribution in [2.24, 2.45) is 0 Å². The number of hydrogen-bond acceptors (Lipinski definition) is 3. The Morgan fingerprint density at radius 2 is 1.83 bits per heavy atom. The second kappa shape index (κ2) is 5.48. The van der Waals surface area contributed by atoms with Gasteiger partial charge in [0.2, 0.25) is 0 Å². The summed E-state index contributed by atoms with van der Waals surface area (Å²) < 4.78 is 15.8. The van der Waals surface area contributed by atoms with Gasteiger partial charge in [-0.2, -0.15) is 0 Å². The molecule has 1 atom stereocenters. The molecule has 4 heteroatoms. The van der Waals surface area contributed by atoms with Crippen molar-refractivity contribution in [3.8, 4) is 0 Å². The molecule has 12 heavy (non-hydrogen) atoms. The van der Waals surface area contributed by atoms with Gasteiger partial charge in [-0.3, -0.25) is 0 Å². The van der Waals surface area contributed by atoms with E-state index in [9.17, 15) is 0 Å². The van der Waals surface area contributed by atoms with Gasteiger partial charge in [-0.05, 0) is 6.92 Å². The van der Waals surface area contributed by atoms with E-state index in [1.165, 1.54) is 0 Å². The summed E-state index contributed by atoms with van der Waals surface area (Å²) in [5, 5.41) is 0. The summed E-state index contributed by atoms with van der Waals surface area (Å²) in [7, 11) is 4.28. The molecule has 0 N–H and O–H groups in total. The van der Waals surface area contributed by atoms with E-state index >= 15 is 0 Å². The number of rotatable bonds is 6. The highest BCUT2D eigenvalue weighted by Crippen LogP contribution is 2.17. The maximum Gasteiger partial charge on any atom is 0.173 e. The van der Waals surface area contributed by atoms with E-state index in [1.807, 2.05) is 12.6 Å². The molecule has 3 nitrogen and oxygen atoms in total. The molecule has 0 aliphatic heterocycles. The van der Waals surface area contributed by atoms with Gasteiger partial charge in [0.25, 0.3) is 0 Å². The summed E-state index contributed by atoms with van der Waals surface area (Å²) in [5.74, 6) is 0. The lowest BCUT2D eigenvalue weighted by atomic mass is 10.4. The lowest BCUT2D eigenvalue weighted by Gasteiger charge is -2.34. The van der Waals surface area contributed by atoms with Crippen LogP contribution in [0.15, 0.2) is 12.3 Å². The molecule has 0 spiro atoms. The van der Waals surface area contributed by atoms with E-state index in [0.29, 0.717) is 0 Å². The van der Waals surface area contributed by atoms with Gasteiger partial charge in [0, 0.05) is 21.3 Å². The Balaban J connectivity index is 4.43. The highest BCUT2D eigenvalue weighted by atomic mass is 28.2. The molecule has 0 aromatic rings. The van der Waals surface area contributed by atoms with Gasteiger partial charge in [0.05, 0.1) is 0 Å². The van der Waals surface area contributed by atoms with Crippen molar-refractivity contribution >= 4 is 9.52 Å². The molecular formula is C8H18O3Si. The van der Waals surface area contributed by atoms with Crippen LogP contribution in [0.3, 0.4) is 0 Å². The van der Waals surface area contributed by atoms with Crippen LogP contribution in [-0.2, 0) is 14.2 Å². The summed E-state index contributed by atoms with van der Waals surface area (Å²) >= 11 is 0. The highest BCUT2D eigenvalue weighted by Gasteiger charge is 2.35. The summed E-state index contributed by atoms with van der Waals surface area (Å²) in [5.41, 5.74) is 1.33. The first-order valence-corrected chi connectivity index (χ1v) is 5.43. The van der Waals surface area contributed by atoms with Crippen LogP contribution >= 0.6 is 0 Å². The standard InChI is InChI=1S/C8H18O3Si/c1-6-12-8(10-4,11-5)7(2)9-3/h6-7H,1,12H2,2-5H3. The van der Waals surface area contributed by atoms with Crippen molar-refractivity contribution in [1.82, 2.24) is 0 Å². The average molecular weight is 190 g/mol. The Labute approximate surface area is 76.5 Å². The molecule has 0 aliphatic rings. The second-order valence-electron chi connectivity index (χ2n) is 2.59. The average Bonchev–Trinajstić information content (AvgIpc) is 2.13. The van der Waals surface area contributed by atoms with Crippen molar-refractivity contribution < 1.29 is 14.2 Å². The van der Waals surface area contributed by atoms with Crippen LogP contribution in [-0.4, -0.2) is 42.4 Å². The second-order valence-corrected chi connectivity index (χ2v) is 4.56. The van der Waals surface area contributed by atoms with Gasteiger partial charge in [0.1, 0.15) is 15.6 Å². The minimum Gasteiger partial charge on any atom is -0.377 e. The van der Waals surface area contributed by atoms with Gasteiger partial charge >= 0.3 is 0 Å². The summed E-state index contributed by atoms with van der Waals surface area (Å²) in [4.78, 5) is 0. The molecule has 0 amide bonds. The molecule has 0 rings (SSSR count). The van der Waals surface area contributed by atoms with Crippen LogP contribution in [0.4, 0.5) is 0 Å².